The Hall–Kier alpha value is -7.76. The summed E-state index contributed by atoms with van der Waals surface area (Å²) in [6.07, 6.45) is -0.669. The minimum atomic E-state index is -5.45. The number of nitrogens with zero attached hydrogens (tertiary/aromatic N) is 11. The first kappa shape index (κ1) is 56.4. The Kier molecular flexibility index (Phi) is 15.4. The Bertz CT molecular complexity index is 4500. The number of azo groups is 3. The highest BCUT2D eigenvalue weighted by Crippen LogP contribution is 2.47. The Labute approximate surface area is 444 Å². The first-order chi connectivity index (χ1) is 36.5. The molecular weight excluding hydrogens is 1150 g/mol. The molecule has 78 heavy (non-hydrogen) atoms. The van der Waals surface area contributed by atoms with E-state index in [2.05, 4.69) is 40.7 Å². The number of pyridine rings is 1. The number of para-hydroxylation sites is 2. The van der Waals surface area contributed by atoms with Crippen LogP contribution in [0.3, 0.4) is 0 Å². The fourth-order valence-electron chi connectivity index (χ4n) is 7.91. The van der Waals surface area contributed by atoms with Crippen molar-refractivity contribution in [2.45, 2.75) is 34.5 Å². The lowest BCUT2D eigenvalue weighted by atomic mass is 10.1. The number of aromatic hydroxyl groups is 2. The minimum Gasteiger partial charge on any atom is -0.505 e. The summed E-state index contributed by atoms with van der Waals surface area (Å²) in [5.41, 5.74) is -1.68. The summed E-state index contributed by atoms with van der Waals surface area (Å²) in [6, 6.07) is 16.6. The molecule has 35 heteroatoms. The fourth-order valence-corrected chi connectivity index (χ4v) is 11.6. The van der Waals surface area contributed by atoms with Crippen LogP contribution in [0.1, 0.15) is 24.0 Å². The van der Waals surface area contributed by atoms with E-state index >= 15 is 0 Å². The van der Waals surface area contributed by atoms with Crippen LogP contribution in [0.25, 0.3) is 37.7 Å². The standard InChI is InChI=1S/C43H37N11O18S6/c1-22-26(21-44)41-45-27-7-3-4-8-32(27)54(41)42(56)38(22)50-49-31-18-25-23(15-36(31)77(66,67)68)16-37(78(69,70)71)39(40(25)55)51-47-29-20-34(72-2)30(48-52-43-46-28-10-9-24(76(63,64)65)17-35(28)73-43)19-33(29)53(11-5-13-74(57,58)59)12-6-14-75(60,61)62/h3-4,7-10,15-20,55-56H,5-6,11-14H2,1-2H3,(H,57,58,59)(H,60,61,62)(H,63,64,65)(H,66,67,68)(H,69,70,71). The van der Waals surface area contributed by atoms with Gasteiger partial charge in [-0.3, -0.25) is 27.2 Å². The maximum absolute atomic E-state index is 13.0. The predicted octanol–water partition coefficient (Wildman–Crippen LogP) is 8.20. The number of aromatic nitrogens is 3. The molecular formula is C43H37N11O18S6. The molecule has 0 unspecified atom stereocenters. The lowest BCUT2D eigenvalue weighted by molar-refractivity contribution is 0.416. The van der Waals surface area contributed by atoms with Gasteiger partial charge in [0.15, 0.2) is 17.1 Å². The number of phenols is 1. The van der Waals surface area contributed by atoms with Crippen LogP contribution in [-0.4, -0.2) is 121 Å². The van der Waals surface area contributed by atoms with E-state index in [0.29, 0.717) is 23.2 Å². The molecule has 0 atom stereocenters. The van der Waals surface area contributed by atoms with Gasteiger partial charge in [-0.1, -0.05) is 23.5 Å². The quantitative estimate of drug-likeness (QED) is 0.0296. The number of rotatable bonds is 19. The number of hydrogen-bond donors (Lipinski definition) is 7. The zero-order chi connectivity index (χ0) is 56.9. The molecule has 8 aromatic rings. The number of nitriles is 1. The molecule has 3 heterocycles. The van der Waals surface area contributed by atoms with E-state index in [-0.39, 0.29) is 86.6 Å². The van der Waals surface area contributed by atoms with E-state index in [9.17, 15) is 80.3 Å². The van der Waals surface area contributed by atoms with Gasteiger partial charge in [-0.25, -0.2) is 9.97 Å². The van der Waals surface area contributed by atoms with E-state index in [4.69, 9.17) is 4.74 Å². The van der Waals surface area contributed by atoms with Gasteiger partial charge < -0.3 is 19.8 Å². The van der Waals surface area contributed by atoms with E-state index < -0.39 is 111 Å². The Morgan fingerprint density at radius 2 is 1.29 bits per heavy atom. The number of thiazole rings is 1. The maximum atomic E-state index is 13.0. The summed E-state index contributed by atoms with van der Waals surface area (Å²) in [6.45, 7) is 0.750. The van der Waals surface area contributed by atoms with Crippen LogP contribution in [0.5, 0.6) is 17.4 Å². The lowest BCUT2D eigenvalue weighted by Crippen LogP contribution is -2.28. The summed E-state index contributed by atoms with van der Waals surface area (Å²) < 4.78 is 179. The third-order valence-corrected chi connectivity index (χ3v) is 16.5. The molecule has 0 aliphatic rings. The molecule has 0 saturated heterocycles. The van der Waals surface area contributed by atoms with Crippen molar-refractivity contribution in [1.29, 1.82) is 5.26 Å². The Morgan fingerprint density at radius 1 is 0.679 bits per heavy atom. The molecule has 8 rings (SSSR count). The summed E-state index contributed by atoms with van der Waals surface area (Å²) in [5.74, 6) is -3.51. The monoisotopic (exact) mass is 1190 g/mol. The molecule has 408 valence electrons. The van der Waals surface area contributed by atoms with Gasteiger partial charge in [0.05, 0.1) is 50.4 Å². The summed E-state index contributed by atoms with van der Waals surface area (Å²) in [5, 5.41) is 56.9. The molecule has 7 N–H and O–H groups in total. The number of hydrogen-bond acceptors (Lipinski definition) is 24. The molecule has 0 spiro atoms. The highest BCUT2D eigenvalue weighted by atomic mass is 32.2. The molecule has 0 bridgehead atoms. The van der Waals surface area contributed by atoms with Crippen molar-refractivity contribution in [3.05, 3.63) is 83.9 Å². The molecule has 0 saturated carbocycles. The van der Waals surface area contributed by atoms with Gasteiger partial charge in [0.2, 0.25) is 11.0 Å². The van der Waals surface area contributed by atoms with Crippen molar-refractivity contribution in [3.63, 3.8) is 0 Å². The van der Waals surface area contributed by atoms with Crippen LogP contribution in [0.4, 0.5) is 39.3 Å². The van der Waals surface area contributed by atoms with Crippen molar-refractivity contribution in [1.82, 2.24) is 14.4 Å². The van der Waals surface area contributed by atoms with Crippen molar-refractivity contribution in [2.24, 2.45) is 30.7 Å². The predicted molar refractivity (Wildman–Crippen MR) is 278 cm³/mol. The number of anilines is 1. The first-order valence-corrected chi connectivity index (χ1v) is 30.1. The molecule has 0 amide bonds. The van der Waals surface area contributed by atoms with Gasteiger partial charge in [-0.15, -0.1) is 30.7 Å². The Morgan fingerprint density at radius 3 is 1.91 bits per heavy atom. The topological polar surface area (TPSA) is 453 Å². The zero-order valence-corrected chi connectivity index (χ0v) is 44.6. The van der Waals surface area contributed by atoms with E-state index in [1.165, 1.54) is 35.5 Å². The van der Waals surface area contributed by atoms with Crippen molar-refractivity contribution < 1.29 is 79.8 Å². The van der Waals surface area contributed by atoms with Gasteiger partial charge >= 0.3 is 0 Å². The van der Waals surface area contributed by atoms with Crippen molar-refractivity contribution in [3.8, 4) is 23.4 Å². The molecule has 3 aromatic heterocycles. The number of methoxy groups -OCH3 is 1. The number of imidazole rings is 1. The van der Waals surface area contributed by atoms with Gasteiger partial charge in [0, 0.05) is 30.1 Å². The molecule has 29 nitrogen and oxygen atoms in total. The average molecular weight is 1190 g/mol. The van der Waals surface area contributed by atoms with Gasteiger partial charge in [-0.2, -0.15) is 47.4 Å². The zero-order valence-electron chi connectivity index (χ0n) is 39.7. The second-order valence-corrected chi connectivity index (χ2v) is 24.9. The molecule has 0 aliphatic carbocycles. The second kappa shape index (κ2) is 21.2. The normalized spacial score (nSPS) is 13.1. The number of ether oxygens (including phenoxy) is 1. The first-order valence-electron chi connectivity index (χ1n) is 21.8. The second-order valence-electron chi connectivity index (χ2n) is 16.6. The third kappa shape index (κ3) is 12.2. The Balaban J connectivity index is 1.30. The average Bonchev–Trinajstić information content (AvgIpc) is 4.11. The van der Waals surface area contributed by atoms with Crippen LogP contribution in [-0.2, 0) is 50.6 Å². The van der Waals surface area contributed by atoms with Gasteiger partial charge in [0.25, 0.3) is 50.6 Å². The summed E-state index contributed by atoms with van der Waals surface area (Å²) >= 11 is 0.856. The van der Waals surface area contributed by atoms with Crippen LogP contribution < -0.4 is 9.64 Å². The molecule has 0 radical (unpaired) electrons. The smallest absolute Gasteiger partial charge is 0.296 e. The maximum Gasteiger partial charge on any atom is 0.296 e. The third-order valence-electron chi connectivity index (χ3n) is 11.4. The molecule has 0 fully saturated rings. The van der Waals surface area contributed by atoms with Gasteiger partial charge in [-0.05, 0) is 79.7 Å². The number of phenolic OH excluding ortho intramolecular Hbond substituents is 1. The number of benzene rings is 5. The van der Waals surface area contributed by atoms with E-state index in [1.54, 1.807) is 24.3 Å². The summed E-state index contributed by atoms with van der Waals surface area (Å²) in [7, 11) is -23.3. The molecule has 5 aromatic carbocycles. The SMILES string of the molecule is COc1cc(N=Nc2c(S(=O)(=O)O)cc3cc(S(=O)(=O)O)c(N=Nc4c(C)c(C#N)c5nc6ccccc6n5c4O)cc3c2O)c(N(CCCS(=O)(=O)O)CCCS(=O)(=O)O)cc1N=Nc1nc2ccc(S(=O)(=O)O)cc2s1. The number of fused-ring (bicyclic) bond motifs is 5. The minimum absolute atomic E-state index is 0.0361. The van der Waals surface area contributed by atoms with Crippen LogP contribution >= 0.6 is 11.3 Å². The lowest BCUT2D eigenvalue weighted by Gasteiger charge is -2.26. The van der Waals surface area contributed by atoms with Crippen LogP contribution in [0.2, 0.25) is 0 Å². The van der Waals surface area contributed by atoms with E-state index in [1.807, 2.05) is 6.07 Å². The highest BCUT2D eigenvalue weighted by Gasteiger charge is 2.28. The van der Waals surface area contributed by atoms with Crippen molar-refractivity contribution >= 4 is 139 Å². The van der Waals surface area contributed by atoms with Crippen molar-refractivity contribution in [2.75, 3.05) is 36.6 Å². The fraction of sp³-hybridized carbons (Fsp3) is 0.186. The highest BCUT2D eigenvalue weighted by molar-refractivity contribution is 7.87. The van der Waals surface area contributed by atoms with Gasteiger partial charge in [0.1, 0.15) is 49.9 Å². The summed E-state index contributed by atoms with van der Waals surface area (Å²) in [4.78, 5) is 7.36. The largest absolute Gasteiger partial charge is 0.505 e. The van der Waals surface area contributed by atoms with E-state index in [0.717, 1.165) is 35.6 Å². The molecule has 0 aliphatic heterocycles. The van der Waals surface area contributed by atoms with Crippen LogP contribution in [0, 0.1) is 18.3 Å². The van der Waals surface area contributed by atoms with Crippen LogP contribution in [0.15, 0.2) is 118 Å².